The van der Waals surface area contributed by atoms with Crippen LogP contribution in [-0.4, -0.2) is 65.1 Å². The summed E-state index contributed by atoms with van der Waals surface area (Å²) in [5, 5.41) is 11.2. The minimum absolute atomic E-state index is 0.0506. The molecule has 0 bridgehead atoms. The molecule has 0 amide bonds. The number of thiophene rings is 1. The molecule has 0 saturated carbocycles. The lowest BCUT2D eigenvalue weighted by Gasteiger charge is -2.27. The van der Waals surface area contributed by atoms with Gasteiger partial charge in [-0.25, -0.2) is 4.98 Å². The van der Waals surface area contributed by atoms with Gasteiger partial charge in [0.2, 0.25) is 0 Å². The molecule has 0 aliphatic heterocycles. The lowest BCUT2D eigenvalue weighted by Crippen LogP contribution is -2.38. The number of methoxy groups -OCH3 is 1. The Morgan fingerprint density at radius 2 is 2.17 bits per heavy atom. The number of aliphatic hydroxyl groups is 1. The van der Waals surface area contributed by atoms with E-state index in [4.69, 9.17) is 14.5 Å². The molecule has 1 aliphatic carbocycles. The number of hydrogen-bond acceptors (Lipinski definition) is 7. The first kappa shape index (κ1) is 23.3. The molecule has 30 heavy (non-hydrogen) atoms. The van der Waals surface area contributed by atoms with E-state index in [1.54, 1.807) is 18.4 Å². The fraction of sp³-hybridized carbons (Fsp3) is 0.727. The van der Waals surface area contributed by atoms with E-state index in [0.29, 0.717) is 38.0 Å². The summed E-state index contributed by atoms with van der Waals surface area (Å²) in [7, 11) is 1.65. The summed E-state index contributed by atoms with van der Waals surface area (Å²) in [5.74, 6) is 1.28. The molecule has 3 rings (SSSR count). The predicted octanol–water partition coefficient (Wildman–Crippen LogP) is 2.73. The van der Waals surface area contributed by atoms with Gasteiger partial charge in [0.15, 0.2) is 0 Å². The summed E-state index contributed by atoms with van der Waals surface area (Å²) in [6.45, 7) is 10.4. The Kier molecular flexibility index (Phi) is 7.68. The van der Waals surface area contributed by atoms with Crippen LogP contribution in [0.15, 0.2) is 4.79 Å². The highest BCUT2D eigenvalue weighted by atomic mass is 32.1. The number of aliphatic hydroxyl groups excluding tert-OH is 1. The van der Waals surface area contributed by atoms with Gasteiger partial charge >= 0.3 is 0 Å². The third-order valence-electron chi connectivity index (χ3n) is 5.38. The van der Waals surface area contributed by atoms with Crippen molar-refractivity contribution >= 4 is 21.6 Å². The highest BCUT2D eigenvalue weighted by Gasteiger charge is 2.24. The summed E-state index contributed by atoms with van der Waals surface area (Å²) < 4.78 is 10.9. The predicted molar refractivity (Wildman–Crippen MR) is 120 cm³/mol. The Hall–Kier alpha value is -1.32. The molecule has 0 fully saturated rings. The van der Waals surface area contributed by atoms with E-state index in [1.807, 2.05) is 25.7 Å². The number of hydrogen-bond donors (Lipinski definition) is 2. The average Bonchev–Trinajstić information content (AvgIpc) is 3.01. The first-order valence-corrected chi connectivity index (χ1v) is 11.5. The zero-order valence-corrected chi connectivity index (χ0v) is 19.6. The summed E-state index contributed by atoms with van der Waals surface area (Å²) in [6, 6.07) is 0. The van der Waals surface area contributed by atoms with Crippen LogP contribution in [0.5, 0.6) is 0 Å². The number of rotatable bonds is 9. The first-order chi connectivity index (χ1) is 14.2. The normalized spacial score (nSPS) is 18.2. The lowest BCUT2D eigenvalue weighted by atomic mass is 9.89. The second-order valence-corrected chi connectivity index (χ2v) is 10.4. The molecular weight excluding hydrogens is 402 g/mol. The Labute approximate surface area is 182 Å². The minimum atomic E-state index is -0.632. The van der Waals surface area contributed by atoms with Crippen LogP contribution >= 0.6 is 11.3 Å². The van der Waals surface area contributed by atoms with Gasteiger partial charge in [0.05, 0.1) is 36.8 Å². The molecule has 0 saturated heterocycles. The van der Waals surface area contributed by atoms with E-state index in [1.165, 1.54) is 10.4 Å². The molecule has 7 nitrogen and oxygen atoms in total. The van der Waals surface area contributed by atoms with Gasteiger partial charge in [0.1, 0.15) is 10.7 Å². The van der Waals surface area contributed by atoms with Crippen molar-refractivity contribution in [1.29, 1.82) is 0 Å². The summed E-state index contributed by atoms with van der Waals surface area (Å²) in [4.78, 5) is 24.8. The fourth-order valence-corrected chi connectivity index (χ4v) is 5.23. The monoisotopic (exact) mass is 437 g/mol. The van der Waals surface area contributed by atoms with Crippen molar-refractivity contribution in [2.45, 2.75) is 65.2 Å². The minimum Gasteiger partial charge on any atom is -0.389 e. The summed E-state index contributed by atoms with van der Waals surface area (Å²) in [5.41, 5.74) is 0.844. The fourth-order valence-electron chi connectivity index (χ4n) is 3.83. The number of aromatic nitrogens is 2. The van der Waals surface area contributed by atoms with Crippen LogP contribution in [0.25, 0.3) is 10.2 Å². The second-order valence-electron chi connectivity index (χ2n) is 9.35. The SMILES string of the molecule is COCCN(Cc1nc2sc3c(c2c(=O)[nH]1)CC[C@@H](C)C3)C[C@H](O)COC(C)(C)C. The van der Waals surface area contributed by atoms with Crippen LogP contribution in [0.2, 0.25) is 0 Å². The quantitative estimate of drug-likeness (QED) is 0.627. The van der Waals surface area contributed by atoms with Gasteiger partial charge in [0, 0.05) is 25.1 Å². The molecule has 2 heterocycles. The third kappa shape index (κ3) is 6.11. The number of aryl methyl sites for hydroxylation is 1. The Morgan fingerprint density at radius 3 is 2.87 bits per heavy atom. The number of H-pyrrole nitrogens is 1. The highest BCUT2D eigenvalue weighted by Crippen LogP contribution is 2.35. The maximum absolute atomic E-state index is 12.8. The number of aromatic amines is 1. The van der Waals surface area contributed by atoms with Crippen LogP contribution in [-0.2, 0) is 28.9 Å². The average molecular weight is 438 g/mol. The van der Waals surface area contributed by atoms with Gasteiger partial charge < -0.3 is 19.6 Å². The molecule has 2 aromatic heterocycles. The van der Waals surface area contributed by atoms with E-state index >= 15 is 0 Å². The Morgan fingerprint density at radius 1 is 1.40 bits per heavy atom. The molecule has 168 valence electrons. The maximum atomic E-state index is 12.8. The van der Waals surface area contributed by atoms with E-state index in [0.717, 1.165) is 29.5 Å². The molecule has 2 N–H and O–H groups in total. The molecule has 2 aromatic rings. The molecule has 8 heteroatoms. The van der Waals surface area contributed by atoms with Crippen molar-refractivity contribution in [3.05, 3.63) is 26.6 Å². The van der Waals surface area contributed by atoms with Gasteiger partial charge in [-0.1, -0.05) is 6.92 Å². The van der Waals surface area contributed by atoms with Gasteiger partial charge in [0.25, 0.3) is 5.56 Å². The molecule has 0 radical (unpaired) electrons. The van der Waals surface area contributed by atoms with Gasteiger partial charge in [-0.2, -0.15) is 0 Å². The lowest BCUT2D eigenvalue weighted by molar-refractivity contribution is -0.0578. The summed E-state index contributed by atoms with van der Waals surface area (Å²) >= 11 is 1.66. The van der Waals surface area contributed by atoms with Crippen LogP contribution in [0.3, 0.4) is 0 Å². The number of nitrogens with one attached hydrogen (secondary N) is 1. The second kappa shape index (κ2) is 9.87. The van der Waals surface area contributed by atoms with E-state index in [9.17, 15) is 9.90 Å². The van der Waals surface area contributed by atoms with Crippen molar-refractivity contribution in [3.8, 4) is 0 Å². The van der Waals surface area contributed by atoms with Gasteiger partial charge in [-0.15, -0.1) is 11.3 Å². The third-order valence-corrected chi connectivity index (χ3v) is 6.53. The molecule has 0 aromatic carbocycles. The number of fused-ring (bicyclic) bond motifs is 3. The van der Waals surface area contributed by atoms with E-state index < -0.39 is 6.10 Å². The highest BCUT2D eigenvalue weighted by molar-refractivity contribution is 7.18. The van der Waals surface area contributed by atoms with Crippen molar-refractivity contribution in [3.63, 3.8) is 0 Å². The first-order valence-electron chi connectivity index (χ1n) is 10.7. The zero-order chi connectivity index (χ0) is 21.9. The topological polar surface area (TPSA) is 87.7 Å². The summed E-state index contributed by atoms with van der Waals surface area (Å²) in [6.07, 6.45) is 2.48. The Balaban J connectivity index is 1.76. The van der Waals surface area contributed by atoms with Gasteiger partial charge in [-0.05, 0) is 51.5 Å². The zero-order valence-electron chi connectivity index (χ0n) is 18.8. The standard InChI is InChI=1S/C22H35N3O4S/c1-14-6-7-16-17(10-14)30-21-19(16)20(27)23-18(24-21)12-25(8-9-28-5)11-15(26)13-29-22(2,3)4/h14-15,26H,6-13H2,1-5H3,(H,23,24,27)/t14-,15+/m1/s1. The van der Waals surface area contributed by atoms with Crippen LogP contribution < -0.4 is 5.56 Å². The molecule has 2 atom stereocenters. The van der Waals surface area contributed by atoms with Crippen molar-refractivity contribution in [2.24, 2.45) is 5.92 Å². The largest absolute Gasteiger partial charge is 0.389 e. The van der Waals surface area contributed by atoms with Crippen LogP contribution in [0.1, 0.15) is 50.4 Å². The van der Waals surface area contributed by atoms with E-state index in [2.05, 4.69) is 11.9 Å². The van der Waals surface area contributed by atoms with Crippen molar-refractivity contribution < 1.29 is 14.6 Å². The number of nitrogens with zero attached hydrogens (tertiary/aromatic N) is 2. The molecule has 0 spiro atoms. The van der Waals surface area contributed by atoms with Crippen molar-refractivity contribution in [2.75, 3.05) is 33.4 Å². The molecule has 0 unspecified atom stereocenters. The molecule has 1 aliphatic rings. The van der Waals surface area contributed by atoms with Gasteiger partial charge in [-0.3, -0.25) is 9.69 Å². The molecular formula is C22H35N3O4S. The maximum Gasteiger partial charge on any atom is 0.259 e. The number of ether oxygens (including phenoxy) is 2. The smallest absolute Gasteiger partial charge is 0.259 e. The van der Waals surface area contributed by atoms with Crippen molar-refractivity contribution in [1.82, 2.24) is 14.9 Å². The van der Waals surface area contributed by atoms with E-state index in [-0.39, 0.29) is 17.8 Å². The van der Waals surface area contributed by atoms with Crippen LogP contribution in [0.4, 0.5) is 0 Å². The van der Waals surface area contributed by atoms with Crippen LogP contribution in [0, 0.1) is 5.92 Å². The Bertz CT molecular complexity index is 902.